The first kappa shape index (κ1) is 16.2. The van der Waals surface area contributed by atoms with E-state index in [0.29, 0.717) is 26.1 Å². The van der Waals surface area contributed by atoms with Crippen LogP contribution in [0.2, 0.25) is 0 Å². The lowest BCUT2D eigenvalue weighted by atomic mass is 10.2. The molecule has 0 saturated carbocycles. The van der Waals surface area contributed by atoms with E-state index < -0.39 is 0 Å². The monoisotopic (exact) mass is 278 g/mol. The Labute approximate surface area is 119 Å². The quantitative estimate of drug-likeness (QED) is 0.788. The van der Waals surface area contributed by atoms with E-state index in [2.05, 4.69) is 5.32 Å². The molecule has 1 amide bonds. The van der Waals surface area contributed by atoms with Gasteiger partial charge in [-0.3, -0.25) is 4.79 Å². The zero-order valence-electron chi connectivity index (χ0n) is 12.1. The van der Waals surface area contributed by atoms with Crippen LogP contribution in [-0.4, -0.2) is 43.5 Å². The van der Waals surface area contributed by atoms with Crippen LogP contribution in [-0.2, 0) is 16.1 Å². The molecule has 1 rings (SSSR count). The molecule has 1 aromatic carbocycles. The largest absolute Gasteiger partial charge is 0.445 e. The summed E-state index contributed by atoms with van der Waals surface area (Å²) in [6.45, 7) is 3.35. The smallest absolute Gasteiger partial charge is 0.410 e. The first-order valence-electron chi connectivity index (χ1n) is 6.73. The van der Waals surface area contributed by atoms with Crippen molar-refractivity contribution in [2.45, 2.75) is 20.0 Å². The number of ketones is 1. The van der Waals surface area contributed by atoms with Crippen LogP contribution >= 0.6 is 0 Å². The standard InChI is InChI=1S/C15H22N2O3/c1-13(18)8-10-17(11-9-16-2)15(19)20-12-14-6-4-3-5-7-14/h3-7,16H,8-12H2,1-2H3. The van der Waals surface area contributed by atoms with Gasteiger partial charge in [0.2, 0.25) is 0 Å². The highest BCUT2D eigenvalue weighted by Gasteiger charge is 2.15. The number of ether oxygens (including phenoxy) is 1. The van der Waals surface area contributed by atoms with Gasteiger partial charge in [0.25, 0.3) is 0 Å². The Hall–Kier alpha value is -1.88. The van der Waals surface area contributed by atoms with E-state index in [1.54, 1.807) is 4.90 Å². The summed E-state index contributed by atoms with van der Waals surface area (Å²) < 4.78 is 5.27. The topological polar surface area (TPSA) is 58.6 Å². The fourth-order valence-electron chi connectivity index (χ4n) is 1.64. The minimum atomic E-state index is -0.384. The van der Waals surface area contributed by atoms with Crippen molar-refractivity contribution in [1.82, 2.24) is 10.2 Å². The Bertz CT molecular complexity index is 420. The summed E-state index contributed by atoms with van der Waals surface area (Å²) in [5.41, 5.74) is 0.945. The zero-order valence-corrected chi connectivity index (χ0v) is 12.1. The van der Waals surface area contributed by atoms with Crippen molar-refractivity contribution in [2.75, 3.05) is 26.7 Å². The second-order valence-corrected chi connectivity index (χ2v) is 4.58. The predicted octanol–water partition coefficient (Wildman–Crippen LogP) is 1.82. The highest BCUT2D eigenvalue weighted by atomic mass is 16.6. The molecule has 0 aliphatic carbocycles. The SMILES string of the molecule is CNCCN(CCC(C)=O)C(=O)OCc1ccccc1. The Morgan fingerprint density at radius 2 is 1.90 bits per heavy atom. The number of rotatable bonds is 8. The van der Waals surface area contributed by atoms with Crippen LogP contribution in [0.15, 0.2) is 30.3 Å². The molecule has 0 spiro atoms. The van der Waals surface area contributed by atoms with Gasteiger partial charge in [-0.2, -0.15) is 0 Å². The fraction of sp³-hybridized carbons (Fsp3) is 0.467. The summed E-state index contributed by atoms with van der Waals surface area (Å²) in [4.78, 5) is 24.6. The van der Waals surface area contributed by atoms with Crippen LogP contribution in [0, 0.1) is 0 Å². The number of Topliss-reactive ketones (excluding diaryl/α,β-unsaturated/α-hetero) is 1. The lowest BCUT2D eigenvalue weighted by molar-refractivity contribution is -0.117. The third kappa shape index (κ3) is 6.33. The van der Waals surface area contributed by atoms with Gasteiger partial charge >= 0.3 is 6.09 Å². The van der Waals surface area contributed by atoms with Gasteiger partial charge < -0.3 is 15.0 Å². The minimum absolute atomic E-state index is 0.0651. The highest BCUT2D eigenvalue weighted by molar-refractivity contribution is 5.76. The predicted molar refractivity (Wildman–Crippen MR) is 77.4 cm³/mol. The molecule has 20 heavy (non-hydrogen) atoms. The van der Waals surface area contributed by atoms with Crippen LogP contribution in [0.25, 0.3) is 0 Å². The van der Waals surface area contributed by atoms with Gasteiger partial charge in [0.15, 0.2) is 0 Å². The van der Waals surface area contributed by atoms with Crippen molar-refractivity contribution < 1.29 is 14.3 Å². The van der Waals surface area contributed by atoms with E-state index in [1.165, 1.54) is 6.92 Å². The highest BCUT2D eigenvalue weighted by Crippen LogP contribution is 2.04. The third-order valence-electron chi connectivity index (χ3n) is 2.83. The molecular weight excluding hydrogens is 256 g/mol. The second-order valence-electron chi connectivity index (χ2n) is 4.58. The van der Waals surface area contributed by atoms with Crippen molar-refractivity contribution in [2.24, 2.45) is 0 Å². The zero-order chi connectivity index (χ0) is 14.8. The van der Waals surface area contributed by atoms with E-state index in [9.17, 15) is 9.59 Å². The normalized spacial score (nSPS) is 10.1. The van der Waals surface area contributed by atoms with E-state index in [0.717, 1.165) is 5.56 Å². The number of hydrogen-bond donors (Lipinski definition) is 1. The summed E-state index contributed by atoms with van der Waals surface area (Å²) in [6, 6.07) is 9.52. The average Bonchev–Trinajstić information content (AvgIpc) is 2.45. The third-order valence-corrected chi connectivity index (χ3v) is 2.83. The van der Waals surface area contributed by atoms with Gasteiger partial charge in [-0.1, -0.05) is 30.3 Å². The Kier molecular flexibility index (Phi) is 7.35. The minimum Gasteiger partial charge on any atom is -0.445 e. The molecule has 0 heterocycles. The molecule has 1 N–H and O–H groups in total. The first-order valence-corrected chi connectivity index (χ1v) is 6.73. The maximum atomic E-state index is 12.0. The maximum absolute atomic E-state index is 12.0. The molecule has 0 atom stereocenters. The summed E-state index contributed by atoms with van der Waals surface area (Å²) >= 11 is 0. The van der Waals surface area contributed by atoms with Gasteiger partial charge in [0.05, 0.1) is 0 Å². The number of hydrogen-bond acceptors (Lipinski definition) is 4. The lowest BCUT2D eigenvalue weighted by Gasteiger charge is -2.21. The molecule has 1 aromatic rings. The Morgan fingerprint density at radius 3 is 2.50 bits per heavy atom. The number of likely N-dealkylation sites (N-methyl/N-ethyl adjacent to an activating group) is 1. The first-order chi connectivity index (χ1) is 9.63. The van der Waals surface area contributed by atoms with E-state index in [1.807, 2.05) is 37.4 Å². The molecule has 0 unspecified atom stereocenters. The average molecular weight is 278 g/mol. The van der Waals surface area contributed by atoms with Crippen molar-refractivity contribution in [1.29, 1.82) is 0 Å². The number of amides is 1. The van der Waals surface area contributed by atoms with Crippen LogP contribution < -0.4 is 5.32 Å². The summed E-state index contributed by atoms with van der Waals surface area (Å²) in [7, 11) is 1.82. The molecule has 0 aliphatic heterocycles. The molecule has 110 valence electrons. The van der Waals surface area contributed by atoms with Crippen LogP contribution in [0.4, 0.5) is 4.79 Å². The molecular formula is C15H22N2O3. The van der Waals surface area contributed by atoms with Crippen molar-refractivity contribution in [3.8, 4) is 0 Å². The van der Waals surface area contributed by atoms with Crippen LogP contribution in [0.1, 0.15) is 18.9 Å². The fourth-order valence-corrected chi connectivity index (χ4v) is 1.64. The lowest BCUT2D eigenvalue weighted by Crippen LogP contribution is -2.37. The molecule has 0 bridgehead atoms. The molecule has 0 radical (unpaired) electrons. The molecule has 0 fully saturated rings. The van der Waals surface area contributed by atoms with Gasteiger partial charge in [-0.05, 0) is 19.5 Å². The van der Waals surface area contributed by atoms with Gasteiger partial charge in [0, 0.05) is 26.1 Å². The number of carbonyl (C=O) groups excluding carboxylic acids is 2. The molecule has 0 aliphatic rings. The molecule has 5 nitrogen and oxygen atoms in total. The number of carbonyl (C=O) groups is 2. The van der Waals surface area contributed by atoms with Crippen molar-refractivity contribution in [3.05, 3.63) is 35.9 Å². The van der Waals surface area contributed by atoms with Gasteiger partial charge in [-0.25, -0.2) is 4.79 Å². The van der Waals surface area contributed by atoms with Crippen LogP contribution in [0.5, 0.6) is 0 Å². The molecule has 0 saturated heterocycles. The van der Waals surface area contributed by atoms with E-state index in [4.69, 9.17) is 4.74 Å². The second kappa shape index (κ2) is 9.09. The van der Waals surface area contributed by atoms with Gasteiger partial charge in [0.1, 0.15) is 12.4 Å². The summed E-state index contributed by atoms with van der Waals surface area (Å²) in [5.74, 6) is 0.0651. The van der Waals surface area contributed by atoms with E-state index >= 15 is 0 Å². The van der Waals surface area contributed by atoms with Crippen LogP contribution in [0.3, 0.4) is 0 Å². The number of nitrogens with zero attached hydrogens (tertiary/aromatic N) is 1. The molecule has 0 aromatic heterocycles. The van der Waals surface area contributed by atoms with Gasteiger partial charge in [-0.15, -0.1) is 0 Å². The van der Waals surface area contributed by atoms with Crippen molar-refractivity contribution in [3.63, 3.8) is 0 Å². The van der Waals surface area contributed by atoms with E-state index in [-0.39, 0.29) is 18.5 Å². The number of nitrogens with one attached hydrogen (secondary N) is 1. The summed E-state index contributed by atoms with van der Waals surface area (Å²) in [5, 5.41) is 2.98. The van der Waals surface area contributed by atoms with Crippen molar-refractivity contribution >= 4 is 11.9 Å². The maximum Gasteiger partial charge on any atom is 0.410 e. The Morgan fingerprint density at radius 1 is 1.20 bits per heavy atom. The summed E-state index contributed by atoms with van der Waals surface area (Å²) in [6.07, 6.45) is -0.0326. The number of benzene rings is 1. The Balaban J connectivity index is 2.46. The molecule has 5 heteroatoms.